The van der Waals surface area contributed by atoms with Crippen molar-refractivity contribution in [2.45, 2.75) is 44.0 Å². The van der Waals surface area contributed by atoms with Crippen LogP contribution >= 0.6 is 0 Å². The first kappa shape index (κ1) is 25.7. The number of β-amino-alcohol motifs (C(OH)–C–C–N with tert-alkyl or cyclic N) is 1. The number of nitrogens with zero attached hydrogens (tertiary/aromatic N) is 3. The number of carbonyl (C=O) groups is 1. The van der Waals surface area contributed by atoms with Crippen molar-refractivity contribution in [3.63, 3.8) is 0 Å². The minimum atomic E-state index is -4.77. The van der Waals surface area contributed by atoms with Crippen LogP contribution in [0.5, 0.6) is 0 Å². The van der Waals surface area contributed by atoms with Crippen LogP contribution in [0.3, 0.4) is 0 Å². The number of benzene rings is 1. The summed E-state index contributed by atoms with van der Waals surface area (Å²) in [5, 5.41) is 12.0. The predicted molar refractivity (Wildman–Crippen MR) is 127 cm³/mol. The summed E-state index contributed by atoms with van der Waals surface area (Å²) < 4.78 is 84.8. The fourth-order valence-electron chi connectivity index (χ4n) is 5.36. The van der Waals surface area contributed by atoms with Crippen LogP contribution in [-0.4, -0.2) is 52.0 Å². The van der Waals surface area contributed by atoms with E-state index in [4.69, 9.17) is 0 Å². The fraction of sp³-hybridized carbons (Fsp3) is 0.423. The summed E-state index contributed by atoms with van der Waals surface area (Å²) in [5.74, 6) is -5.89. The molecule has 3 aliphatic rings. The van der Waals surface area contributed by atoms with Gasteiger partial charge in [0.15, 0.2) is 17.3 Å². The highest BCUT2D eigenvalue weighted by molar-refractivity contribution is 5.97. The van der Waals surface area contributed by atoms with Crippen LogP contribution in [0, 0.1) is 28.8 Å². The molecule has 206 valence electrons. The van der Waals surface area contributed by atoms with Crippen molar-refractivity contribution >= 4 is 22.8 Å². The van der Waals surface area contributed by atoms with Crippen LogP contribution in [0.1, 0.15) is 36.0 Å². The lowest BCUT2D eigenvalue weighted by Gasteiger charge is -2.22. The number of anilines is 1. The molecule has 2 aromatic heterocycles. The number of nitrogens with one attached hydrogen (secondary N) is 1. The zero-order valence-corrected chi connectivity index (χ0v) is 20.2. The topological polar surface area (TPSA) is 87.5 Å². The highest BCUT2D eigenvalue weighted by Gasteiger charge is 2.55. The second-order valence-electron chi connectivity index (χ2n) is 10.6. The molecule has 0 bridgehead atoms. The number of aromatic nitrogens is 2. The van der Waals surface area contributed by atoms with Crippen molar-refractivity contribution in [3.05, 3.63) is 63.7 Å². The third-order valence-electron chi connectivity index (χ3n) is 7.86. The minimum Gasteiger partial charge on any atom is -0.391 e. The second kappa shape index (κ2) is 8.70. The number of aliphatic hydroxyl groups is 1. The van der Waals surface area contributed by atoms with Crippen molar-refractivity contribution in [1.82, 2.24) is 14.9 Å². The quantitative estimate of drug-likeness (QED) is 0.470. The lowest BCUT2D eigenvalue weighted by molar-refractivity contribution is -0.158. The number of hydrogen-bond donors (Lipinski definition) is 2. The summed E-state index contributed by atoms with van der Waals surface area (Å²) in [6, 6.07) is 1.30. The van der Waals surface area contributed by atoms with Crippen LogP contribution in [0.25, 0.3) is 16.7 Å². The van der Waals surface area contributed by atoms with E-state index in [0.29, 0.717) is 18.7 Å². The van der Waals surface area contributed by atoms with E-state index >= 15 is 0 Å². The number of halogens is 6. The van der Waals surface area contributed by atoms with Gasteiger partial charge in [0, 0.05) is 36.8 Å². The predicted octanol–water partition coefficient (Wildman–Crippen LogP) is 3.83. The Morgan fingerprint density at radius 2 is 1.79 bits per heavy atom. The Kier molecular flexibility index (Phi) is 5.72. The van der Waals surface area contributed by atoms with Crippen LogP contribution in [0.15, 0.2) is 35.3 Å². The van der Waals surface area contributed by atoms with Crippen molar-refractivity contribution in [3.8, 4) is 5.69 Å². The summed E-state index contributed by atoms with van der Waals surface area (Å²) in [6.45, 7) is 0.707. The molecule has 2 saturated carbocycles. The van der Waals surface area contributed by atoms with E-state index in [-0.39, 0.29) is 41.7 Å². The van der Waals surface area contributed by atoms with Gasteiger partial charge in [0.2, 0.25) is 5.43 Å². The smallest absolute Gasteiger partial charge is 0.391 e. The number of hydrogen-bond acceptors (Lipinski definition) is 5. The molecule has 1 spiro atoms. The van der Waals surface area contributed by atoms with Crippen LogP contribution in [0.4, 0.5) is 32.2 Å². The molecular formula is C26H22F6N4O3. The maximum absolute atomic E-state index is 14.9. The number of fused-ring (bicyclic) bond motifs is 1. The third-order valence-corrected chi connectivity index (χ3v) is 7.86. The van der Waals surface area contributed by atoms with Crippen molar-refractivity contribution < 1.29 is 36.2 Å². The van der Waals surface area contributed by atoms with Crippen molar-refractivity contribution in [1.29, 1.82) is 0 Å². The largest absolute Gasteiger partial charge is 0.408 e. The van der Waals surface area contributed by atoms with Crippen molar-refractivity contribution in [2.24, 2.45) is 11.3 Å². The Bertz CT molecular complexity index is 1540. The summed E-state index contributed by atoms with van der Waals surface area (Å²) in [7, 11) is 0. The SMILES string of the molecule is O=C(N[C@@H](C1CC1)C(F)(F)F)c1cn(-c2c(F)cc(F)cc2F)c2nc(N3CC(O)C4(CC4)C3)ccc2c1=O. The van der Waals surface area contributed by atoms with E-state index in [1.54, 1.807) is 4.90 Å². The summed E-state index contributed by atoms with van der Waals surface area (Å²) in [5.41, 5.74) is -3.19. The maximum atomic E-state index is 14.9. The summed E-state index contributed by atoms with van der Waals surface area (Å²) in [4.78, 5) is 32.4. The van der Waals surface area contributed by atoms with Gasteiger partial charge in [-0.1, -0.05) is 0 Å². The fourth-order valence-corrected chi connectivity index (χ4v) is 5.36. The number of amides is 1. The molecule has 6 rings (SSSR count). The molecule has 1 unspecified atom stereocenters. The van der Waals surface area contributed by atoms with Crippen LogP contribution < -0.4 is 15.6 Å². The number of pyridine rings is 2. The molecule has 1 aromatic carbocycles. The molecule has 1 aliphatic heterocycles. The number of carbonyl (C=O) groups excluding carboxylic acids is 1. The lowest BCUT2D eigenvalue weighted by atomic mass is 10.0. The number of rotatable bonds is 5. The molecule has 3 fully saturated rings. The second-order valence-corrected chi connectivity index (χ2v) is 10.6. The van der Waals surface area contributed by atoms with Gasteiger partial charge in [-0.2, -0.15) is 13.2 Å². The number of alkyl halides is 3. The average molecular weight is 552 g/mol. The van der Waals surface area contributed by atoms with Crippen molar-refractivity contribution in [2.75, 3.05) is 18.0 Å². The van der Waals surface area contributed by atoms with Crippen LogP contribution in [0.2, 0.25) is 0 Å². The van der Waals surface area contributed by atoms with Gasteiger partial charge in [-0.05, 0) is 43.7 Å². The van der Waals surface area contributed by atoms with Gasteiger partial charge >= 0.3 is 6.18 Å². The summed E-state index contributed by atoms with van der Waals surface area (Å²) in [6.07, 6.45) is -2.51. The molecule has 2 aliphatic carbocycles. The zero-order valence-electron chi connectivity index (χ0n) is 20.2. The van der Waals surface area contributed by atoms with Gasteiger partial charge in [0.05, 0.1) is 11.5 Å². The average Bonchev–Trinajstić information content (AvgIpc) is 3.77. The maximum Gasteiger partial charge on any atom is 0.408 e. The van der Waals surface area contributed by atoms with Crippen LogP contribution in [-0.2, 0) is 0 Å². The van der Waals surface area contributed by atoms with Gasteiger partial charge in [0.1, 0.15) is 28.9 Å². The Balaban J connectivity index is 1.50. The molecular weight excluding hydrogens is 530 g/mol. The van der Waals surface area contributed by atoms with Gasteiger partial charge in [0.25, 0.3) is 5.91 Å². The molecule has 7 nitrogen and oxygen atoms in total. The van der Waals surface area contributed by atoms with Gasteiger partial charge in [-0.25, -0.2) is 18.2 Å². The van der Waals surface area contributed by atoms with E-state index in [9.17, 15) is 41.0 Å². The first-order chi connectivity index (χ1) is 18.4. The molecule has 1 amide bonds. The van der Waals surface area contributed by atoms with E-state index < -0.39 is 64.3 Å². The van der Waals surface area contributed by atoms with Gasteiger partial charge < -0.3 is 15.3 Å². The standard InChI is InChI=1S/C26H22F6N4O3/c27-13-7-16(28)20(17(29)8-13)36-9-15(24(39)34-22(12-1-2-12)26(30,31)32)21(38)14-3-4-19(33-23(14)36)35-10-18(37)25(11-35)5-6-25/h3-4,7-9,12,18,22,37H,1-2,5-6,10-11H2,(H,34,39)/t18?,22-/m0/s1. The molecule has 3 aromatic rings. The Labute approximate surface area is 217 Å². The monoisotopic (exact) mass is 552 g/mol. The molecule has 0 radical (unpaired) electrons. The normalized spacial score (nSPS) is 21.0. The Morgan fingerprint density at radius 1 is 1.13 bits per heavy atom. The summed E-state index contributed by atoms with van der Waals surface area (Å²) >= 11 is 0. The van der Waals surface area contributed by atoms with E-state index in [1.165, 1.54) is 12.1 Å². The molecule has 2 atom stereocenters. The highest BCUT2D eigenvalue weighted by atomic mass is 19.4. The lowest BCUT2D eigenvalue weighted by Crippen LogP contribution is -2.48. The number of aliphatic hydroxyl groups excluding tert-OH is 1. The highest BCUT2D eigenvalue weighted by Crippen LogP contribution is 2.53. The van der Waals surface area contributed by atoms with Gasteiger partial charge in [-0.3, -0.25) is 14.2 Å². The van der Waals surface area contributed by atoms with E-state index in [0.717, 1.165) is 23.6 Å². The van der Waals surface area contributed by atoms with E-state index in [1.807, 2.05) is 5.32 Å². The zero-order chi connectivity index (χ0) is 27.9. The first-order valence-corrected chi connectivity index (χ1v) is 12.4. The minimum absolute atomic E-state index is 0.239. The van der Waals surface area contributed by atoms with Gasteiger partial charge in [-0.15, -0.1) is 0 Å². The molecule has 1 saturated heterocycles. The molecule has 13 heteroatoms. The Hall–Kier alpha value is -3.61. The first-order valence-electron chi connectivity index (χ1n) is 12.4. The van der Waals surface area contributed by atoms with E-state index in [2.05, 4.69) is 4.98 Å². The molecule has 2 N–H and O–H groups in total. The Morgan fingerprint density at radius 3 is 2.36 bits per heavy atom. The molecule has 39 heavy (non-hydrogen) atoms. The molecule has 3 heterocycles. The third kappa shape index (κ3) is 4.42.